The second-order valence-electron chi connectivity index (χ2n) is 7.31. The van der Waals surface area contributed by atoms with Crippen molar-refractivity contribution in [3.05, 3.63) is 35.2 Å². The zero-order chi connectivity index (χ0) is 21.8. The Bertz CT molecular complexity index is 1040. The number of carbonyl (C=O) groups excluding carboxylic acids is 2. The number of benzene rings is 1. The Kier molecular flexibility index (Phi) is 6.72. The topological polar surface area (TPSA) is 74.8 Å². The first kappa shape index (κ1) is 21.6. The highest BCUT2D eigenvalue weighted by Gasteiger charge is 2.19. The molecule has 0 bridgehead atoms. The van der Waals surface area contributed by atoms with Crippen LogP contribution in [0.3, 0.4) is 0 Å². The van der Waals surface area contributed by atoms with Crippen molar-refractivity contribution < 1.29 is 14.3 Å². The highest BCUT2D eigenvalue weighted by molar-refractivity contribution is 7.29. The lowest BCUT2D eigenvalue weighted by atomic mass is 10.3. The molecule has 1 saturated heterocycles. The minimum absolute atomic E-state index is 0.00201. The summed E-state index contributed by atoms with van der Waals surface area (Å²) in [5.41, 5.74) is 0.629. The number of likely N-dealkylation sites (tertiary alicyclic amines) is 1. The fraction of sp³-hybridized carbons (Fsp3) is 0.409. The number of nitrogens with zero attached hydrogens (tertiary/aromatic N) is 3. The average molecular weight is 459 g/mol. The number of nitrogens with one attached hydrogen (secondary N) is 1. The third kappa shape index (κ3) is 4.99. The van der Waals surface area contributed by atoms with Crippen molar-refractivity contribution in [1.29, 1.82) is 0 Å². The summed E-state index contributed by atoms with van der Waals surface area (Å²) in [7, 11) is 0. The van der Waals surface area contributed by atoms with Crippen LogP contribution < -0.4 is 15.0 Å². The zero-order valence-electron chi connectivity index (χ0n) is 17.7. The maximum atomic E-state index is 12.7. The standard InChI is InChI=1S/C22H26N4O3S2/c1-3-25(4-2)22-24-21-18(31-22)13-17(30-21)20(28)23-15-8-7-9-16(12-15)29-14-19(27)26-10-5-6-11-26/h7-9,12-13H,3-6,10-11,14H2,1-2H3,(H,23,28). The first-order valence-electron chi connectivity index (χ1n) is 10.5. The first-order chi connectivity index (χ1) is 15.1. The highest BCUT2D eigenvalue weighted by Crippen LogP contribution is 2.35. The van der Waals surface area contributed by atoms with Crippen LogP contribution in [0.2, 0.25) is 0 Å². The fourth-order valence-electron chi connectivity index (χ4n) is 3.52. The van der Waals surface area contributed by atoms with Crippen LogP contribution in [0.25, 0.3) is 9.53 Å². The lowest BCUT2D eigenvalue weighted by Gasteiger charge is -2.16. The van der Waals surface area contributed by atoms with Crippen LogP contribution in [0.4, 0.5) is 10.8 Å². The summed E-state index contributed by atoms with van der Waals surface area (Å²) < 4.78 is 6.67. The van der Waals surface area contributed by atoms with Gasteiger partial charge >= 0.3 is 0 Å². The normalized spacial score (nSPS) is 13.5. The molecule has 0 radical (unpaired) electrons. The SMILES string of the molecule is CCN(CC)c1nc2sc(C(=O)Nc3cccc(OCC(=O)N4CCCC4)c3)cc2s1. The lowest BCUT2D eigenvalue weighted by molar-refractivity contribution is -0.132. The molecule has 0 unspecified atom stereocenters. The minimum atomic E-state index is -0.176. The third-order valence-electron chi connectivity index (χ3n) is 5.25. The van der Waals surface area contributed by atoms with Gasteiger partial charge in [-0.2, -0.15) is 0 Å². The number of hydrogen-bond acceptors (Lipinski definition) is 7. The molecule has 0 saturated carbocycles. The van der Waals surface area contributed by atoms with E-state index in [4.69, 9.17) is 4.74 Å². The molecule has 164 valence electrons. The van der Waals surface area contributed by atoms with E-state index in [2.05, 4.69) is 29.0 Å². The molecule has 7 nitrogen and oxygen atoms in total. The molecule has 31 heavy (non-hydrogen) atoms. The second-order valence-corrected chi connectivity index (χ2v) is 9.35. The van der Waals surface area contributed by atoms with E-state index in [1.807, 2.05) is 11.0 Å². The summed E-state index contributed by atoms with van der Waals surface area (Å²) >= 11 is 3.01. The largest absolute Gasteiger partial charge is 0.484 e. The Labute approximate surface area is 189 Å². The van der Waals surface area contributed by atoms with Crippen molar-refractivity contribution in [2.75, 3.05) is 43.0 Å². The van der Waals surface area contributed by atoms with E-state index in [9.17, 15) is 9.59 Å². The summed E-state index contributed by atoms with van der Waals surface area (Å²) in [5, 5.41) is 3.91. The molecule has 2 amide bonds. The van der Waals surface area contributed by atoms with Crippen molar-refractivity contribution in [2.24, 2.45) is 0 Å². The summed E-state index contributed by atoms with van der Waals surface area (Å²) in [5.74, 6) is 0.384. The van der Waals surface area contributed by atoms with Gasteiger partial charge in [-0.1, -0.05) is 17.4 Å². The van der Waals surface area contributed by atoms with Crippen molar-refractivity contribution in [3.63, 3.8) is 0 Å². The number of thiophene rings is 1. The van der Waals surface area contributed by atoms with E-state index in [1.165, 1.54) is 11.3 Å². The van der Waals surface area contributed by atoms with Gasteiger partial charge in [0.15, 0.2) is 11.7 Å². The van der Waals surface area contributed by atoms with Gasteiger partial charge in [0.1, 0.15) is 10.6 Å². The number of fused-ring (bicyclic) bond motifs is 1. The predicted octanol–water partition coefficient (Wildman–Crippen LogP) is 4.46. The molecular weight excluding hydrogens is 432 g/mol. The Hall–Kier alpha value is -2.65. The van der Waals surface area contributed by atoms with E-state index in [-0.39, 0.29) is 18.4 Å². The second kappa shape index (κ2) is 9.65. The van der Waals surface area contributed by atoms with Crippen LogP contribution in [0.1, 0.15) is 36.4 Å². The van der Waals surface area contributed by atoms with Crippen molar-refractivity contribution in [3.8, 4) is 5.75 Å². The molecule has 2 aromatic heterocycles. The van der Waals surface area contributed by atoms with Gasteiger partial charge in [0.2, 0.25) is 0 Å². The number of carbonyl (C=O) groups is 2. The molecule has 4 rings (SSSR count). The van der Waals surface area contributed by atoms with Crippen LogP contribution in [-0.2, 0) is 4.79 Å². The summed E-state index contributed by atoms with van der Waals surface area (Å²) in [6.45, 7) is 7.66. The summed E-state index contributed by atoms with van der Waals surface area (Å²) in [4.78, 5) is 35.1. The van der Waals surface area contributed by atoms with Crippen LogP contribution in [0.5, 0.6) is 5.75 Å². The van der Waals surface area contributed by atoms with Gasteiger partial charge in [-0.05, 0) is 44.9 Å². The molecule has 1 fully saturated rings. The van der Waals surface area contributed by atoms with Crippen molar-refractivity contribution in [1.82, 2.24) is 9.88 Å². The van der Waals surface area contributed by atoms with E-state index >= 15 is 0 Å². The fourth-order valence-corrected chi connectivity index (χ4v) is 5.76. The Morgan fingerprint density at radius 2 is 1.94 bits per heavy atom. The molecular formula is C22H26N4O3S2. The number of hydrogen-bond donors (Lipinski definition) is 1. The van der Waals surface area contributed by atoms with Gasteiger partial charge in [0.25, 0.3) is 11.8 Å². The van der Waals surface area contributed by atoms with Gasteiger partial charge in [0, 0.05) is 37.9 Å². The van der Waals surface area contributed by atoms with Crippen LogP contribution in [-0.4, -0.2) is 54.5 Å². The van der Waals surface area contributed by atoms with Crippen molar-refractivity contribution >= 4 is 54.8 Å². The van der Waals surface area contributed by atoms with Crippen LogP contribution in [0.15, 0.2) is 30.3 Å². The summed E-state index contributed by atoms with van der Waals surface area (Å²) in [6.07, 6.45) is 2.11. The molecule has 3 aromatic rings. The van der Waals surface area contributed by atoms with Gasteiger partial charge in [-0.25, -0.2) is 4.98 Å². The minimum Gasteiger partial charge on any atom is -0.484 e. The quantitative estimate of drug-likeness (QED) is 0.540. The molecule has 1 aliphatic rings. The molecule has 1 aliphatic heterocycles. The lowest BCUT2D eigenvalue weighted by Crippen LogP contribution is -2.32. The molecule has 1 N–H and O–H groups in total. The number of aromatic nitrogens is 1. The van der Waals surface area contributed by atoms with E-state index in [0.29, 0.717) is 16.3 Å². The van der Waals surface area contributed by atoms with Gasteiger partial charge < -0.3 is 19.9 Å². The van der Waals surface area contributed by atoms with Gasteiger partial charge in [-0.15, -0.1) is 11.3 Å². The maximum Gasteiger partial charge on any atom is 0.265 e. The number of ether oxygens (including phenoxy) is 1. The highest BCUT2D eigenvalue weighted by atomic mass is 32.1. The smallest absolute Gasteiger partial charge is 0.265 e. The van der Waals surface area contributed by atoms with Gasteiger partial charge in [-0.3, -0.25) is 9.59 Å². The molecule has 0 aliphatic carbocycles. The van der Waals surface area contributed by atoms with E-state index in [0.717, 1.165) is 53.7 Å². The molecule has 0 spiro atoms. The average Bonchev–Trinajstić information content (AvgIpc) is 3.50. The van der Waals surface area contributed by atoms with E-state index in [1.54, 1.807) is 35.6 Å². The van der Waals surface area contributed by atoms with E-state index < -0.39 is 0 Å². The maximum absolute atomic E-state index is 12.7. The van der Waals surface area contributed by atoms with Gasteiger partial charge in [0.05, 0.1) is 9.58 Å². The summed E-state index contributed by atoms with van der Waals surface area (Å²) in [6, 6.07) is 9.03. The van der Waals surface area contributed by atoms with Crippen LogP contribution in [0, 0.1) is 0 Å². The molecule has 0 atom stereocenters. The zero-order valence-corrected chi connectivity index (χ0v) is 19.4. The Balaban J connectivity index is 1.38. The Morgan fingerprint density at radius 3 is 2.65 bits per heavy atom. The molecule has 1 aromatic carbocycles. The Morgan fingerprint density at radius 1 is 1.16 bits per heavy atom. The number of thiazole rings is 1. The van der Waals surface area contributed by atoms with Crippen LogP contribution >= 0.6 is 22.7 Å². The third-order valence-corrected chi connectivity index (χ3v) is 7.47. The number of amides is 2. The monoisotopic (exact) mass is 458 g/mol. The predicted molar refractivity (Wildman–Crippen MR) is 127 cm³/mol. The van der Waals surface area contributed by atoms with Crippen molar-refractivity contribution in [2.45, 2.75) is 26.7 Å². The first-order valence-corrected chi connectivity index (χ1v) is 12.2. The number of rotatable bonds is 8. The molecule has 3 heterocycles. The molecule has 9 heteroatoms. The number of anilines is 2.